The van der Waals surface area contributed by atoms with Crippen LogP contribution in [0.2, 0.25) is 0 Å². The van der Waals surface area contributed by atoms with Crippen molar-refractivity contribution in [1.29, 1.82) is 0 Å². The van der Waals surface area contributed by atoms with Gasteiger partial charge < -0.3 is 20.9 Å². The zero-order chi connectivity index (χ0) is 37.1. The maximum Gasteiger partial charge on any atom is 0.264 e. The van der Waals surface area contributed by atoms with Gasteiger partial charge in [-0.15, -0.1) is 0 Å². The smallest absolute Gasteiger partial charge is 0.264 e. The van der Waals surface area contributed by atoms with Crippen molar-refractivity contribution in [2.75, 3.05) is 30.3 Å². The van der Waals surface area contributed by atoms with Crippen molar-refractivity contribution in [2.24, 2.45) is 0 Å². The molecule has 0 saturated carbocycles. The molecule has 0 radical (unpaired) electrons. The number of amides is 6. The normalized spacial score (nSPS) is 18.7. The highest BCUT2D eigenvalue weighted by Gasteiger charge is 2.45. The summed E-state index contributed by atoms with van der Waals surface area (Å²) in [7, 11) is 0. The summed E-state index contributed by atoms with van der Waals surface area (Å²) < 4.78 is 0. The van der Waals surface area contributed by atoms with Crippen molar-refractivity contribution < 1.29 is 28.8 Å². The summed E-state index contributed by atoms with van der Waals surface area (Å²) in [5.41, 5.74) is 4.21. The molecule has 3 aliphatic heterocycles. The number of unbranched alkanes of at least 4 members (excludes halogenated alkanes) is 2. The quantitative estimate of drug-likeness (QED) is 0.0998. The minimum Gasteiger partial charge on any atom is -0.384 e. The van der Waals surface area contributed by atoms with Crippen LogP contribution < -0.4 is 21.3 Å². The maximum absolute atomic E-state index is 13.3. The molecule has 2 saturated heterocycles. The van der Waals surface area contributed by atoms with E-state index < -0.39 is 29.7 Å². The molecule has 5 N–H and O–H groups in total. The topological polar surface area (TPSA) is 186 Å². The van der Waals surface area contributed by atoms with Crippen LogP contribution in [-0.4, -0.2) is 86.9 Å². The monoisotopic (exact) mass is 718 g/mol. The first-order valence-electron chi connectivity index (χ1n) is 18.2. The number of hydrogen-bond donors (Lipinski definition) is 5. The van der Waals surface area contributed by atoms with Crippen molar-refractivity contribution in [2.45, 2.75) is 70.5 Å². The summed E-state index contributed by atoms with van der Waals surface area (Å²) in [5.74, 6) is -1.76. The Labute approximate surface area is 306 Å². The SMILES string of the molecule is C[C@H]1CCCN1Cc1nc2ccc(NC(=O)c3ccc(C(=O)NCCCCCNc4cccc5c4C(=O)N(C4CCC(=O)NC4=O)C5=O)cc3)cc2[nH]1. The highest BCUT2D eigenvalue weighted by atomic mass is 16.2. The number of H-pyrrole nitrogens is 1. The number of carbonyl (C=O) groups excluding carboxylic acids is 6. The van der Waals surface area contributed by atoms with E-state index in [0.29, 0.717) is 41.6 Å². The number of nitrogens with one attached hydrogen (secondary N) is 5. The number of aromatic nitrogens is 2. The van der Waals surface area contributed by atoms with E-state index in [0.717, 1.165) is 54.1 Å². The molecule has 3 aromatic carbocycles. The van der Waals surface area contributed by atoms with Crippen molar-refractivity contribution >= 4 is 57.9 Å². The van der Waals surface area contributed by atoms with Crippen LogP contribution in [0.3, 0.4) is 0 Å². The molecule has 2 atom stereocenters. The third-order valence-corrected chi connectivity index (χ3v) is 10.2. The second-order valence-corrected chi connectivity index (χ2v) is 13.8. The van der Waals surface area contributed by atoms with Crippen LogP contribution in [0.25, 0.3) is 11.0 Å². The van der Waals surface area contributed by atoms with E-state index in [1.807, 2.05) is 18.2 Å². The average Bonchev–Trinajstić information content (AvgIpc) is 3.82. The van der Waals surface area contributed by atoms with Crippen molar-refractivity contribution in [1.82, 2.24) is 30.4 Å². The molecule has 14 heteroatoms. The van der Waals surface area contributed by atoms with Crippen molar-refractivity contribution in [3.05, 3.63) is 88.7 Å². The number of benzene rings is 3. The number of nitrogens with zero attached hydrogens (tertiary/aromatic N) is 3. The number of piperidine rings is 1. The Morgan fingerprint density at radius 2 is 1.66 bits per heavy atom. The fourth-order valence-electron chi connectivity index (χ4n) is 7.23. The lowest BCUT2D eigenvalue weighted by atomic mass is 10.0. The average molecular weight is 719 g/mol. The molecule has 0 spiro atoms. The van der Waals surface area contributed by atoms with Crippen LogP contribution in [0.4, 0.5) is 11.4 Å². The summed E-state index contributed by atoms with van der Waals surface area (Å²) in [5, 5.41) is 11.3. The van der Waals surface area contributed by atoms with Gasteiger partial charge in [0.1, 0.15) is 11.9 Å². The molecule has 1 aromatic heterocycles. The fraction of sp³-hybridized carbons (Fsp3) is 0.359. The molecule has 6 amide bonds. The van der Waals surface area contributed by atoms with Crippen LogP contribution in [-0.2, 0) is 16.1 Å². The number of aromatic amines is 1. The molecular weight excluding hydrogens is 676 g/mol. The summed E-state index contributed by atoms with van der Waals surface area (Å²) in [4.78, 5) is 87.4. The Hall–Kier alpha value is -5.89. The molecule has 14 nitrogen and oxygen atoms in total. The zero-order valence-corrected chi connectivity index (χ0v) is 29.5. The number of rotatable bonds is 13. The van der Waals surface area contributed by atoms with Gasteiger partial charge in [0.2, 0.25) is 11.8 Å². The van der Waals surface area contributed by atoms with Gasteiger partial charge in [-0.25, -0.2) is 4.98 Å². The number of likely N-dealkylation sites (tertiary alicyclic amines) is 1. The third-order valence-electron chi connectivity index (χ3n) is 10.2. The van der Waals surface area contributed by atoms with Gasteiger partial charge in [-0.1, -0.05) is 6.07 Å². The second kappa shape index (κ2) is 15.4. The maximum atomic E-state index is 13.3. The lowest BCUT2D eigenvalue weighted by molar-refractivity contribution is -0.136. The summed E-state index contributed by atoms with van der Waals surface area (Å²) in [6.07, 6.45) is 4.83. The third kappa shape index (κ3) is 7.68. The Morgan fingerprint density at radius 1 is 0.887 bits per heavy atom. The van der Waals surface area contributed by atoms with Crippen molar-refractivity contribution in [3.63, 3.8) is 0 Å². The number of hydrogen-bond acceptors (Lipinski definition) is 9. The Morgan fingerprint density at radius 3 is 2.42 bits per heavy atom. The van der Waals surface area contributed by atoms with Gasteiger partial charge in [0.05, 0.1) is 28.7 Å². The molecule has 1 unspecified atom stereocenters. The van der Waals surface area contributed by atoms with E-state index in [1.165, 1.54) is 12.8 Å². The first-order chi connectivity index (χ1) is 25.7. The van der Waals surface area contributed by atoms with Gasteiger partial charge >= 0.3 is 0 Å². The van der Waals surface area contributed by atoms with Crippen LogP contribution in [0, 0.1) is 0 Å². The predicted octanol–water partition coefficient (Wildman–Crippen LogP) is 4.21. The van der Waals surface area contributed by atoms with Gasteiger partial charge in [-0.3, -0.25) is 43.9 Å². The lowest BCUT2D eigenvalue weighted by Crippen LogP contribution is -2.54. The van der Waals surface area contributed by atoms with Gasteiger partial charge in [0, 0.05) is 48.1 Å². The molecule has 4 heterocycles. The summed E-state index contributed by atoms with van der Waals surface area (Å²) in [6.45, 7) is 5.08. The van der Waals surface area contributed by atoms with Gasteiger partial charge in [-0.2, -0.15) is 0 Å². The van der Waals surface area contributed by atoms with Crippen LogP contribution >= 0.6 is 0 Å². The van der Waals surface area contributed by atoms with Crippen molar-refractivity contribution in [3.8, 4) is 0 Å². The Bertz CT molecular complexity index is 2090. The number of anilines is 2. The van der Waals surface area contributed by atoms with E-state index in [9.17, 15) is 28.8 Å². The first-order valence-corrected chi connectivity index (χ1v) is 18.2. The van der Waals surface area contributed by atoms with Gasteiger partial charge in [0.15, 0.2) is 0 Å². The number of carbonyl (C=O) groups is 6. The Balaban J connectivity index is 0.832. The molecule has 0 bridgehead atoms. The Kier molecular flexibility index (Phi) is 10.3. The fourth-order valence-corrected chi connectivity index (χ4v) is 7.23. The van der Waals surface area contributed by atoms with Crippen LogP contribution in [0.1, 0.15) is 99.1 Å². The molecule has 274 valence electrons. The second-order valence-electron chi connectivity index (χ2n) is 13.8. The first kappa shape index (κ1) is 35.5. The highest BCUT2D eigenvalue weighted by Crippen LogP contribution is 2.32. The minimum atomic E-state index is -1.02. The van der Waals surface area contributed by atoms with E-state index in [1.54, 1.807) is 42.5 Å². The largest absolute Gasteiger partial charge is 0.384 e. The highest BCUT2D eigenvalue weighted by molar-refractivity contribution is 6.25. The van der Waals surface area contributed by atoms with Gasteiger partial charge in [-0.05, 0) is 107 Å². The molecule has 0 aliphatic carbocycles. The van der Waals surface area contributed by atoms with E-state index in [-0.39, 0.29) is 35.8 Å². The standard InChI is InChI=1S/C39H42N8O6/c1-23-7-6-20-46(23)22-32-43-28-15-14-26(21-30(28)44-32)42-36(50)25-12-10-24(11-13-25)35(49)41-19-4-2-3-18-40-29-9-5-8-27-34(29)39(53)47(38(27)52)31-16-17-33(48)45-37(31)51/h5,8-15,21,23,31,40H,2-4,6-7,16-20,22H2,1H3,(H,41,49)(H,42,50)(H,43,44)(H,45,48,51)/t23-,31?/m0/s1. The van der Waals surface area contributed by atoms with Crippen LogP contribution in [0.15, 0.2) is 60.7 Å². The molecule has 4 aromatic rings. The predicted molar refractivity (Wildman–Crippen MR) is 197 cm³/mol. The number of imidazole rings is 1. The number of fused-ring (bicyclic) bond motifs is 2. The molecule has 7 rings (SSSR count). The summed E-state index contributed by atoms with van der Waals surface area (Å²) in [6, 6.07) is 16.6. The molecule has 3 aliphatic rings. The zero-order valence-electron chi connectivity index (χ0n) is 29.5. The summed E-state index contributed by atoms with van der Waals surface area (Å²) >= 11 is 0. The lowest BCUT2D eigenvalue weighted by Gasteiger charge is -2.27. The van der Waals surface area contributed by atoms with Gasteiger partial charge in [0.25, 0.3) is 23.6 Å². The van der Waals surface area contributed by atoms with E-state index in [2.05, 4.69) is 38.1 Å². The van der Waals surface area contributed by atoms with E-state index in [4.69, 9.17) is 4.98 Å². The number of imide groups is 2. The molecule has 53 heavy (non-hydrogen) atoms. The minimum absolute atomic E-state index is 0.0611. The van der Waals surface area contributed by atoms with Crippen LogP contribution in [0.5, 0.6) is 0 Å². The molecular formula is C39H42N8O6. The van der Waals surface area contributed by atoms with E-state index >= 15 is 0 Å². The molecule has 2 fully saturated rings.